The van der Waals surface area contributed by atoms with Crippen molar-refractivity contribution in [2.45, 2.75) is 33.7 Å². The van der Waals surface area contributed by atoms with E-state index in [0.717, 1.165) is 0 Å². The number of rotatable bonds is 4. The average molecular weight is 227 g/mol. The molecule has 0 saturated carbocycles. The van der Waals surface area contributed by atoms with Crippen LogP contribution < -0.4 is 5.69 Å². The van der Waals surface area contributed by atoms with Gasteiger partial charge in [-0.1, -0.05) is 20.8 Å². The lowest BCUT2D eigenvalue weighted by Gasteiger charge is -2.23. The van der Waals surface area contributed by atoms with Crippen molar-refractivity contribution in [1.82, 2.24) is 14.8 Å². The van der Waals surface area contributed by atoms with Gasteiger partial charge in [-0.25, -0.2) is 9.89 Å². The number of hydrogen-bond acceptors (Lipinski definition) is 3. The van der Waals surface area contributed by atoms with Crippen molar-refractivity contribution in [2.75, 3.05) is 0 Å². The highest BCUT2D eigenvalue weighted by atomic mass is 16.4. The second kappa shape index (κ2) is 4.51. The first-order valence-electron chi connectivity index (χ1n) is 5.12. The zero-order chi connectivity index (χ0) is 12.3. The fraction of sp³-hybridized carbons (Fsp3) is 0.700. The van der Waals surface area contributed by atoms with Crippen LogP contribution in [0.4, 0.5) is 0 Å². The van der Waals surface area contributed by atoms with Crippen molar-refractivity contribution >= 4 is 5.97 Å². The Morgan fingerprint density at radius 3 is 2.62 bits per heavy atom. The second-order valence-corrected chi connectivity index (χ2v) is 5.11. The van der Waals surface area contributed by atoms with Crippen LogP contribution in [0.2, 0.25) is 0 Å². The Labute approximate surface area is 93.3 Å². The summed E-state index contributed by atoms with van der Waals surface area (Å²) in [5.41, 5.74) is -0.462. The van der Waals surface area contributed by atoms with Crippen LogP contribution in [0.15, 0.2) is 11.1 Å². The summed E-state index contributed by atoms with van der Waals surface area (Å²) in [6.45, 7) is 6.07. The Balaban J connectivity index is 2.77. The largest absolute Gasteiger partial charge is 0.481 e. The van der Waals surface area contributed by atoms with Crippen LogP contribution in [0.5, 0.6) is 0 Å². The molecule has 0 fully saturated rings. The number of aromatic amines is 1. The molecular formula is C10H17N3O3. The van der Waals surface area contributed by atoms with Gasteiger partial charge in [-0.05, 0) is 11.8 Å². The van der Waals surface area contributed by atoms with E-state index in [9.17, 15) is 9.59 Å². The minimum absolute atomic E-state index is 0.0869. The fourth-order valence-corrected chi connectivity index (χ4v) is 1.61. The predicted octanol–water partition coefficient (Wildman–Crippen LogP) is 0.708. The third-order valence-corrected chi connectivity index (χ3v) is 2.24. The number of aromatic nitrogens is 3. The van der Waals surface area contributed by atoms with Gasteiger partial charge in [-0.15, -0.1) is 0 Å². The number of H-pyrrole nitrogens is 1. The van der Waals surface area contributed by atoms with Gasteiger partial charge in [-0.3, -0.25) is 9.36 Å². The zero-order valence-electron chi connectivity index (χ0n) is 9.73. The molecule has 0 spiro atoms. The molecule has 0 aliphatic heterocycles. The quantitative estimate of drug-likeness (QED) is 0.792. The van der Waals surface area contributed by atoms with Crippen molar-refractivity contribution in [3.8, 4) is 0 Å². The monoisotopic (exact) mass is 227 g/mol. The van der Waals surface area contributed by atoms with Crippen LogP contribution in [0.3, 0.4) is 0 Å². The average Bonchev–Trinajstić information content (AvgIpc) is 2.48. The predicted molar refractivity (Wildman–Crippen MR) is 58.0 cm³/mol. The molecule has 0 aromatic carbocycles. The summed E-state index contributed by atoms with van der Waals surface area (Å²) in [4.78, 5) is 22.3. The first kappa shape index (κ1) is 12.5. The molecule has 1 unspecified atom stereocenters. The van der Waals surface area contributed by atoms with E-state index in [0.29, 0.717) is 6.42 Å². The summed E-state index contributed by atoms with van der Waals surface area (Å²) in [6, 6.07) is 0. The maximum Gasteiger partial charge on any atom is 0.343 e. The molecule has 0 aliphatic carbocycles. The summed E-state index contributed by atoms with van der Waals surface area (Å²) in [5, 5.41) is 14.9. The lowest BCUT2D eigenvalue weighted by atomic mass is 9.84. The molecule has 1 rings (SSSR count). The molecule has 0 radical (unpaired) electrons. The van der Waals surface area contributed by atoms with Crippen LogP contribution in [0.1, 0.15) is 27.2 Å². The SMILES string of the molecule is CC(C)(C)CC(Cn1cn[nH]c1=O)C(=O)O. The first-order chi connectivity index (χ1) is 7.29. The number of carboxylic acids is 1. The fourth-order valence-electron chi connectivity index (χ4n) is 1.61. The van der Waals surface area contributed by atoms with Gasteiger partial charge in [0.25, 0.3) is 0 Å². The minimum atomic E-state index is -0.886. The molecule has 0 aliphatic rings. The van der Waals surface area contributed by atoms with Gasteiger partial charge in [0.1, 0.15) is 6.33 Å². The number of carboxylic acid groups (broad SMARTS) is 1. The maximum atomic E-state index is 11.2. The van der Waals surface area contributed by atoms with Gasteiger partial charge >= 0.3 is 11.7 Å². The minimum Gasteiger partial charge on any atom is -0.481 e. The Morgan fingerprint density at radius 1 is 1.62 bits per heavy atom. The second-order valence-electron chi connectivity index (χ2n) is 5.11. The smallest absolute Gasteiger partial charge is 0.343 e. The van der Waals surface area contributed by atoms with Crippen molar-refractivity contribution in [1.29, 1.82) is 0 Å². The van der Waals surface area contributed by atoms with E-state index in [1.54, 1.807) is 0 Å². The molecule has 90 valence electrons. The van der Waals surface area contributed by atoms with Crippen LogP contribution in [0, 0.1) is 11.3 Å². The molecule has 0 amide bonds. The molecule has 1 atom stereocenters. The number of aliphatic carboxylic acids is 1. The molecule has 1 heterocycles. The number of carbonyl (C=O) groups is 1. The molecule has 6 nitrogen and oxygen atoms in total. The van der Waals surface area contributed by atoms with E-state index in [-0.39, 0.29) is 17.6 Å². The van der Waals surface area contributed by atoms with Gasteiger partial charge in [0.15, 0.2) is 0 Å². The maximum absolute atomic E-state index is 11.2. The van der Waals surface area contributed by atoms with Gasteiger partial charge in [0.2, 0.25) is 0 Å². The van der Waals surface area contributed by atoms with Crippen LogP contribution in [-0.2, 0) is 11.3 Å². The standard InChI is InChI=1S/C10H17N3O3/c1-10(2,3)4-7(8(14)15)5-13-6-11-12-9(13)16/h6-7H,4-5H2,1-3H3,(H,12,16)(H,14,15). The Hall–Kier alpha value is -1.59. The van der Waals surface area contributed by atoms with E-state index < -0.39 is 11.9 Å². The summed E-state index contributed by atoms with van der Waals surface area (Å²) < 4.78 is 1.28. The topological polar surface area (TPSA) is 88.0 Å². The number of hydrogen-bond donors (Lipinski definition) is 2. The van der Waals surface area contributed by atoms with E-state index in [4.69, 9.17) is 5.11 Å². The summed E-state index contributed by atoms with van der Waals surface area (Å²) in [5.74, 6) is -1.46. The first-order valence-corrected chi connectivity index (χ1v) is 5.12. The zero-order valence-corrected chi connectivity index (χ0v) is 9.73. The van der Waals surface area contributed by atoms with E-state index >= 15 is 0 Å². The van der Waals surface area contributed by atoms with Crippen molar-refractivity contribution in [3.05, 3.63) is 16.8 Å². The van der Waals surface area contributed by atoms with Crippen LogP contribution in [0.25, 0.3) is 0 Å². The van der Waals surface area contributed by atoms with E-state index in [1.807, 2.05) is 20.8 Å². The van der Waals surface area contributed by atoms with Gasteiger partial charge in [-0.2, -0.15) is 5.10 Å². The van der Waals surface area contributed by atoms with Gasteiger partial charge < -0.3 is 5.11 Å². The molecule has 1 aromatic heterocycles. The molecular weight excluding hydrogens is 210 g/mol. The van der Waals surface area contributed by atoms with Crippen molar-refractivity contribution in [3.63, 3.8) is 0 Å². The summed E-state index contributed by atoms with van der Waals surface area (Å²) >= 11 is 0. The van der Waals surface area contributed by atoms with Gasteiger partial charge in [0.05, 0.1) is 5.92 Å². The normalized spacial score (nSPS) is 13.7. The third-order valence-electron chi connectivity index (χ3n) is 2.24. The Morgan fingerprint density at radius 2 is 2.25 bits per heavy atom. The lowest BCUT2D eigenvalue weighted by molar-refractivity contribution is -0.143. The highest BCUT2D eigenvalue weighted by Gasteiger charge is 2.25. The van der Waals surface area contributed by atoms with E-state index in [1.165, 1.54) is 10.9 Å². The molecule has 16 heavy (non-hydrogen) atoms. The summed E-state index contributed by atoms with van der Waals surface area (Å²) in [7, 11) is 0. The highest BCUT2D eigenvalue weighted by molar-refractivity contribution is 5.69. The van der Waals surface area contributed by atoms with Crippen LogP contribution >= 0.6 is 0 Å². The van der Waals surface area contributed by atoms with Crippen molar-refractivity contribution < 1.29 is 9.90 Å². The molecule has 1 aromatic rings. The highest BCUT2D eigenvalue weighted by Crippen LogP contribution is 2.25. The van der Waals surface area contributed by atoms with E-state index in [2.05, 4.69) is 10.2 Å². The molecule has 0 bridgehead atoms. The summed E-state index contributed by atoms with van der Waals surface area (Å²) in [6.07, 6.45) is 1.83. The van der Waals surface area contributed by atoms with Gasteiger partial charge in [0, 0.05) is 6.54 Å². The number of nitrogens with zero attached hydrogens (tertiary/aromatic N) is 2. The molecule has 0 saturated heterocycles. The van der Waals surface area contributed by atoms with Crippen molar-refractivity contribution in [2.24, 2.45) is 11.3 Å². The third kappa shape index (κ3) is 3.52. The number of nitrogens with one attached hydrogen (secondary N) is 1. The molecule has 2 N–H and O–H groups in total. The Bertz CT molecular complexity index is 413. The molecule has 6 heteroatoms. The van der Waals surface area contributed by atoms with Crippen LogP contribution in [-0.4, -0.2) is 25.8 Å². The Kier molecular flexibility index (Phi) is 3.51. The lowest BCUT2D eigenvalue weighted by Crippen LogP contribution is -2.29.